The average Bonchev–Trinajstić information content (AvgIpc) is 3.76. The third kappa shape index (κ3) is 5.25. The van der Waals surface area contributed by atoms with Gasteiger partial charge in [-0.2, -0.15) is 0 Å². The molecule has 0 radical (unpaired) electrons. The van der Waals surface area contributed by atoms with E-state index in [1.165, 1.54) is 77.0 Å². The van der Waals surface area contributed by atoms with Gasteiger partial charge < -0.3 is 5.11 Å². The van der Waals surface area contributed by atoms with E-state index in [1.54, 1.807) is 0 Å². The maximum atomic E-state index is 12.6. The number of hydrogen-bond acceptors (Lipinski definition) is 9. The van der Waals surface area contributed by atoms with Gasteiger partial charge in [0.25, 0.3) is 0 Å². The molecule has 9 rings (SSSR count). The summed E-state index contributed by atoms with van der Waals surface area (Å²) in [5, 5.41) is 43.3. The van der Waals surface area contributed by atoms with Crippen LogP contribution in [-0.4, -0.2) is 60.4 Å². The van der Waals surface area contributed by atoms with Gasteiger partial charge in [0.1, 0.15) is 0 Å². The van der Waals surface area contributed by atoms with Crippen LogP contribution >= 0.6 is 0 Å². The summed E-state index contributed by atoms with van der Waals surface area (Å²) >= 11 is 0. The Morgan fingerprint density at radius 2 is 0.659 bits per heavy atom. The molecule has 44 heavy (non-hydrogen) atoms. The van der Waals surface area contributed by atoms with Crippen molar-refractivity contribution in [1.29, 1.82) is 0 Å². The number of carboxylic acids is 1. The summed E-state index contributed by atoms with van der Waals surface area (Å²) in [6.07, 6.45) is 20.5. The number of hydrogen-bond donors (Lipinski definition) is 9. The van der Waals surface area contributed by atoms with Crippen molar-refractivity contribution in [2.24, 2.45) is 53.3 Å². The first-order valence-electron chi connectivity index (χ1n) is 18.4. The van der Waals surface area contributed by atoms with E-state index in [4.69, 9.17) is 0 Å². The van der Waals surface area contributed by atoms with Crippen LogP contribution in [-0.2, 0) is 22.2 Å². The Morgan fingerprint density at radius 3 is 0.977 bits per heavy atom. The molecule has 0 aromatic carbocycles. The summed E-state index contributed by atoms with van der Waals surface area (Å²) in [4.78, 5) is 12.6. The Bertz CT molecular complexity index is 1050. The van der Waals surface area contributed by atoms with Gasteiger partial charge in [-0.3, -0.25) is 47.3 Å². The zero-order chi connectivity index (χ0) is 28.7. The van der Waals surface area contributed by atoms with E-state index in [2.05, 4.69) is 42.5 Å². The van der Waals surface area contributed by atoms with E-state index in [0.717, 1.165) is 19.3 Å². The molecule has 10 nitrogen and oxygen atoms in total. The summed E-state index contributed by atoms with van der Waals surface area (Å²) in [7, 11) is 0. The van der Waals surface area contributed by atoms with Crippen molar-refractivity contribution in [3.63, 3.8) is 0 Å². The standard InChI is InChI=1S/C33H56N8O2.Cr/c42-33(43)23-15-7-14-22-24(23)32-40-30-21-13-6-5-12-20(21)28(38-30)36-26-17-9-2-1-8-16(17)25(34-26)35-27-18-10-3-4-11-19(18)29(37-27)39-31(22)41-32;/h16-32,34-41H,1-15H2,(H,42,43);. The largest absolute Gasteiger partial charge is 0.481 e. The topological polar surface area (TPSA) is 134 Å². The predicted octanol–water partition coefficient (Wildman–Crippen LogP) is 1.91. The molecule has 17 unspecified atom stereocenters. The van der Waals surface area contributed by atoms with E-state index in [-0.39, 0.29) is 53.9 Å². The molecule has 17 atom stereocenters. The Morgan fingerprint density at radius 1 is 0.386 bits per heavy atom. The summed E-state index contributed by atoms with van der Waals surface area (Å²) in [5.74, 6) is 3.36. The first kappa shape index (κ1) is 31.0. The van der Waals surface area contributed by atoms with Gasteiger partial charge in [0.15, 0.2) is 0 Å². The van der Waals surface area contributed by atoms with Gasteiger partial charge in [0.05, 0.1) is 55.2 Å². The fourth-order valence-corrected chi connectivity index (χ4v) is 12.3. The van der Waals surface area contributed by atoms with Crippen molar-refractivity contribution in [1.82, 2.24) is 42.5 Å². The van der Waals surface area contributed by atoms with Crippen molar-refractivity contribution in [2.45, 2.75) is 146 Å². The van der Waals surface area contributed by atoms with Crippen molar-refractivity contribution in [3.8, 4) is 0 Å². The summed E-state index contributed by atoms with van der Waals surface area (Å²) in [6, 6.07) is 0. The monoisotopic (exact) mass is 648 g/mol. The van der Waals surface area contributed by atoms with Crippen molar-refractivity contribution < 1.29 is 27.3 Å². The summed E-state index contributed by atoms with van der Waals surface area (Å²) in [5.41, 5.74) is 0. The fourth-order valence-electron chi connectivity index (χ4n) is 12.3. The molecular weight excluding hydrogens is 592 g/mol. The molecule has 5 saturated heterocycles. The molecule has 8 bridgehead atoms. The molecule has 0 spiro atoms. The first-order chi connectivity index (χ1) is 21.1. The van der Waals surface area contributed by atoms with E-state index in [9.17, 15) is 9.90 Å². The first-order valence-corrected chi connectivity index (χ1v) is 18.4. The molecule has 9 fully saturated rings. The zero-order valence-electron chi connectivity index (χ0n) is 26.2. The average molecular weight is 649 g/mol. The van der Waals surface area contributed by atoms with E-state index in [0.29, 0.717) is 66.1 Å². The second kappa shape index (κ2) is 12.6. The molecular formula is C33H56CrN8O2. The molecule has 5 aliphatic heterocycles. The van der Waals surface area contributed by atoms with Gasteiger partial charge in [-0.15, -0.1) is 0 Å². The Kier molecular flexibility index (Phi) is 8.88. The van der Waals surface area contributed by atoms with Gasteiger partial charge in [0.2, 0.25) is 0 Å². The van der Waals surface area contributed by atoms with Gasteiger partial charge in [0, 0.05) is 23.3 Å². The molecule has 4 saturated carbocycles. The molecule has 11 heteroatoms. The van der Waals surface area contributed by atoms with Crippen LogP contribution in [0.25, 0.3) is 0 Å². The maximum absolute atomic E-state index is 12.6. The molecule has 5 heterocycles. The minimum Gasteiger partial charge on any atom is -0.481 e. The smallest absolute Gasteiger partial charge is 0.306 e. The zero-order valence-corrected chi connectivity index (χ0v) is 27.5. The second-order valence-electron chi connectivity index (χ2n) is 16.1. The summed E-state index contributed by atoms with van der Waals surface area (Å²) < 4.78 is 0. The van der Waals surface area contributed by atoms with Crippen LogP contribution in [0.3, 0.4) is 0 Å². The van der Waals surface area contributed by atoms with Gasteiger partial charge in [-0.1, -0.05) is 44.9 Å². The number of carboxylic acid groups (broad SMARTS) is 1. The Labute approximate surface area is 274 Å². The third-order valence-electron chi connectivity index (χ3n) is 14.2. The minimum absolute atomic E-state index is 0. The second-order valence-corrected chi connectivity index (χ2v) is 16.1. The minimum atomic E-state index is -0.607. The van der Waals surface area contributed by atoms with E-state index < -0.39 is 5.97 Å². The number of fused-ring (bicyclic) bond motifs is 20. The van der Waals surface area contributed by atoms with Gasteiger partial charge >= 0.3 is 5.97 Å². The quantitative estimate of drug-likeness (QED) is 0.208. The van der Waals surface area contributed by atoms with E-state index in [1.807, 2.05) is 0 Å². The van der Waals surface area contributed by atoms with Crippen LogP contribution in [0.1, 0.15) is 96.3 Å². The maximum Gasteiger partial charge on any atom is 0.306 e. The van der Waals surface area contributed by atoms with Gasteiger partial charge in [-0.25, -0.2) is 0 Å². The number of nitrogens with one attached hydrogen (secondary N) is 8. The number of carbonyl (C=O) groups is 1. The molecule has 246 valence electrons. The number of aliphatic carboxylic acids is 1. The molecule has 4 aliphatic carbocycles. The fraction of sp³-hybridized carbons (Fsp3) is 0.970. The van der Waals surface area contributed by atoms with Crippen LogP contribution in [0.15, 0.2) is 0 Å². The predicted molar refractivity (Wildman–Crippen MR) is 164 cm³/mol. The number of rotatable bonds is 1. The van der Waals surface area contributed by atoms with Crippen LogP contribution in [0.4, 0.5) is 0 Å². The third-order valence-corrected chi connectivity index (χ3v) is 14.2. The van der Waals surface area contributed by atoms with Crippen molar-refractivity contribution in [2.75, 3.05) is 0 Å². The van der Waals surface area contributed by atoms with E-state index >= 15 is 0 Å². The summed E-state index contributed by atoms with van der Waals surface area (Å²) in [6.45, 7) is 0. The van der Waals surface area contributed by atoms with Crippen LogP contribution in [0.2, 0.25) is 0 Å². The van der Waals surface area contributed by atoms with Crippen LogP contribution in [0, 0.1) is 53.3 Å². The molecule has 9 aliphatic rings. The SMILES string of the molecule is O=C(O)C1CCCC2C3NC4NC(NC5NC(NC6NC(NC(N3)C12)C1CCCCC61)C1CCCCC51)C1CCCCC41.[Cr]. The Hall–Kier alpha value is -0.318. The molecule has 0 amide bonds. The van der Waals surface area contributed by atoms with Crippen molar-refractivity contribution in [3.05, 3.63) is 0 Å². The van der Waals surface area contributed by atoms with Crippen LogP contribution < -0.4 is 42.5 Å². The molecule has 0 aromatic rings. The van der Waals surface area contributed by atoms with Crippen LogP contribution in [0.5, 0.6) is 0 Å². The molecule has 0 aromatic heterocycles. The van der Waals surface area contributed by atoms with Gasteiger partial charge in [-0.05, 0) is 92.8 Å². The molecule has 9 N–H and O–H groups in total. The Balaban J connectivity index is 0.00000289. The normalized spacial score (nSPS) is 54.8. The van der Waals surface area contributed by atoms with Crippen molar-refractivity contribution >= 4 is 5.97 Å².